The van der Waals surface area contributed by atoms with Crippen molar-refractivity contribution in [3.63, 3.8) is 0 Å². The molecule has 38 heavy (non-hydrogen) atoms. The topological polar surface area (TPSA) is 83.8 Å². The highest BCUT2D eigenvalue weighted by atomic mass is 16.5. The van der Waals surface area contributed by atoms with Crippen molar-refractivity contribution in [2.45, 2.75) is 13.3 Å². The molecular formula is C31H31N3O4. The van der Waals surface area contributed by atoms with Gasteiger partial charge in [0.1, 0.15) is 6.26 Å². The van der Waals surface area contributed by atoms with Crippen LogP contribution in [0.5, 0.6) is 0 Å². The Labute approximate surface area is 222 Å². The molecule has 1 aliphatic heterocycles. The Kier molecular flexibility index (Phi) is 7.97. The van der Waals surface area contributed by atoms with Crippen molar-refractivity contribution >= 4 is 23.2 Å². The molecule has 0 bridgehead atoms. The van der Waals surface area contributed by atoms with Crippen LogP contribution in [0.3, 0.4) is 0 Å². The van der Waals surface area contributed by atoms with Crippen LogP contribution in [0.4, 0.5) is 11.4 Å². The van der Waals surface area contributed by atoms with E-state index in [4.69, 9.17) is 9.15 Å². The monoisotopic (exact) mass is 509 g/mol. The van der Waals surface area contributed by atoms with E-state index in [2.05, 4.69) is 21.6 Å². The second-order valence-electron chi connectivity index (χ2n) is 9.39. The van der Waals surface area contributed by atoms with Crippen LogP contribution in [-0.2, 0) is 11.2 Å². The first-order valence-electron chi connectivity index (χ1n) is 12.8. The first-order chi connectivity index (χ1) is 18.6. The van der Waals surface area contributed by atoms with Crippen molar-refractivity contribution < 1.29 is 18.7 Å². The third-order valence-corrected chi connectivity index (χ3v) is 6.80. The number of hydrogen-bond acceptors (Lipinski definition) is 5. The number of furan rings is 1. The number of benzene rings is 3. The van der Waals surface area contributed by atoms with Crippen molar-refractivity contribution in [3.05, 3.63) is 108 Å². The van der Waals surface area contributed by atoms with E-state index in [1.807, 2.05) is 67.6 Å². The van der Waals surface area contributed by atoms with E-state index in [1.54, 1.807) is 6.07 Å². The van der Waals surface area contributed by atoms with Gasteiger partial charge < -0.3 is 19.8 Å². The number of morpholine rings is 1. The maximum Gasteiger partial charge on any atom is 0.258 e. The van der Waals surface area contributed by atoms with Crippen molar-refractivity contribution in [3.8, 4) is 11.1 Å². The molecule has 0 atom stereocenters. The van der Waals surface area contributed by atoms with Crippen LogP contribution in [0.25, 0.3) is 11.1 Å². The maximum atomic E-state index is 13.1. The summed E-state index contributed by atoms with van der Waals surface area (Å²) in [5.41, 5.74) is 6.70. The van der Waals surface area contributed by atoms with Gasteiger partial charge >= 0.3 is 0 Å². The molecule has 1 aliphatic rings. The smallest absolute Gasteiger partial charge is 0.258 e. The van der Waals surface area contributed by atoms with Gasteiger partial charge in [-0.2, -0.15) is 0 Å². The average molecular weight is 510 g/mol. The van der Waals surface area contributed by atoms with Crippen LogP contribution in [0.1, 0.15) is 31.8 Å². The van der Waals surface area contributed by atoms with E-state index in [1.165, 1.54) is 12.5 Å². The molecule has 0 radical (unpaired) electrons. The molecular weight excluding hydrogens is 478 g/mol. The number of amides is 2. The first-order valence-corrected chi connectivity index (χ1v) is 12.8. The minimum absolute atomic E-state index is 0.145. The highest BCUT2D eigenvalue weighted by Gasteiger charge is 2.14. The van der Waals surface area contributed by atoms with Crippen molar-refractivity contribution in [1.29, 1.82) is 0 Å². The predicted octanol–water partition coefficient (Wildman–Crippen LogP) is 5.63. The molecule has 3 aromatic carbocycles. The first kappa shape index (κ1) is 25.4. The third-order valence-electron chi connectivity index (χ3n) is 6.80. The van der Waals surface area contributed by atoms with Gasteiger partial charge in [-0.25, -0.2) is 0 Å². The normalized spacial score (nSPS) is 13.7. The number of anilines is 2. The summed E-state index contributed by atoms with van der Waals surface area (Å²) < 4.78 is 10.4. The predicted molar refractivity (Wildman–Crippen MR) is 149 cm³/mol. The number of carbonyl (C=O) groups excluding carboxylic acids is 2. The Morgan fingerprint density at radius 3 is 2.39 bits per heavy atom. The van der Waals surface area contributed by atoms with Gasteiger partial charge in [0.05, 0.1) is 25.0 Å². The summed E-state index contributed by atoms with van der Waals surface area (Å²) >= 11 is 0. The number of nitrogens with zero attached hydrogens (tertiary/aromatic N) is 1. The SMILES string of the molecule is Cc1ccc(NC(=O)c2ccoc2)cc1-c1ccc(C(=O)Nc2ccccc2CCN2CCOCC2)cc1. The summed E-state index contributed by atoms with van der Waals surface area (Å²) in [6.45, 7) is 6.40. The molecule has 0 spiro atoms. The van der Waals surface area contributed by atoms with Gasteiger partial charge in [-0.1, -0.05) is 36.4 Å². The van der Waals surface area contributed by atoms with Crippen LogP contribution >= 0.6 is 0 Å². The molecule has 0 aliphatic carbocycles. The van der Waals surface area contributed by atoms with Crippen molar-refractivity contribution in [2.24, 2.45) is 0 Å². The van der Waals surface area contributed by atoms with Crippen LogP contribution < -0.4 is 10.6 Å². The van der Waals surface area contributed by atoms with E-state index < -0.39 is 0 Å². The summed E-state index contributed by atoms with van der Waals surface area (Å²) in [6.07, 6.45) is 3.75. The average Bonchev–Trinajstić information content (AvgIpc) is 3.50. The molecule has 194 valence electrons. The lowest BCUT2D eigenvalue weighted by molar-refractivity contribution is 0.0384. The zero-order valence-corrected chi connectivity index (χ0v) is 21.4. The lowest BCUT2D eigenvalue weighted by Crippen LogP contribution is -2.37. The van der Waals surface area contributed by atoms with E-state index in [0.717, 1.165) is 67.2 Å². The van der Waals surface area contributed by atoms with Gasteiger partial charge in [0.2, 0.25) is 0 Å². The summed E-state index contributed by atoms with van der Waals surface area (Å²) in [4.78, 5) is 27.9. The number of rotatable bonds is 8. The van der Waals surface area contributed by atoms with Gasteiger partial charge in [-0.15, -0.1) is 0 Å². The number of aryl methyl sites for hydroxylation is 1. The summed E-state index contributed by atoms with van der Waals surface area (Å²) in [7, 11) is 0. The Bertz CT molecular complexity index is 1390. The molecule has 7 heteroatoms. The Morgan fingerprint density at radius 1 is 0.868 bits per heavy atom. The van der Waals surface area contributed by atoms with Crippen LogP contribution in [0, 0.1) is 6.92 Å². The summed E-state index contributed by atoms with van der Waals surface area (Å²) in [6, 6.07) is 22.9. The quantitative estimate of drug-likeness (QED) is 0.321. The Hall–Kier alpha value is -4.20. The molecule has 7 nitrogen and oxygen atoms in total. The van der Waals surface area contributed by atoms with Gasteiger partial charge in [0, 0.05) is 36.6 Å². The zero-order chi connectivity index (χ0) is 26.3. The number of carbonyl (C=O) groups is 2. The summed E-state index contributed by atoms with van der Waals surface area (Å²) in [5.74, 6) is -0.376. The van der Waals surface area contributed by atoms with E-state index >= 15 is 0 Å². The maximum absolute atomic E-state index is 13.1. The fourth-order valence-corrected chi connectivity index (χ4v) is 4.57. The zero-order valence-electron chi connectivity index (χ0n) is 21.4. The lowest BCUT2D eigenvalue weighted by atomic mass is 9.98. The van der Waals surface area contributed by atoms with Crippen LogP contribution in [0.15, 0.2) is 89.7 Å². The van der Waals surface area contributed by atoms with Crippen molar-refractivity contribution in [1.82, 2.24) is 4.90 Å². The molecule has 0 saturated carbocycles. The van der Waals surface area contributed by atoms with E-state index in [0.29, 0.717) is 16.8 Å². The molecule has 5 rings (SSSR count). The molecule has 4 aromatic rings. The van der Waals surface area contributed by atoms with Gasteiger partial charge in [-0.3, -0.25) is 14.5 Å². The highest BCUT2D eigenvalue weighted by molar-refractivity contribution is 6.05. The van der Waals surface area contributed by atoms with Crippen LogP contribution in [-0.4, -0.2) is 49.6 Å². The Balaban J connectivity index is 1.26. The standard InChI is InChI=1S/C31H31N3O4/c1-22-6-11-27(32-31(36)26-13-17-38-21-26)20-28(22)23-7-9-25(10-8-23)30(35)33-29-5-3-2-4-24(29)12-14-34-15-18-37-19-16-34/h2-11,13,17,20-21H,12,14-16,18-19H2,1H3,(H,32,36)(H,33,35). The second-order valence-corrected chi connectivity index (χ2v) is 9.39. The number of para-hydroxylation sites is 1. The molecule has 2 amide bonds. The highest BCUT2D eigenvalue weighted by Crippen LogP contribution is 2.28. The molecule has 2 heterocycles. The minimum Gasteiger partial charge on any atom is -0.472 e. The molecule has 0 unspecified atom stereocenters. The lowest BCUT2D eigenvalue weighted by Gasteiger charge is -2.26. The molecule has 2 N–H and O–H groups in total. The van der Waals surface area contributed by atoms with E-state index in [9.17, 15) is 9.59 Å². The van der Waals surface area contributed by atoms with Crippen LogP contribution in [0.2, 0.25) is 0 Å². The van der Waals surface area contributed by atoms with E-state index in [-0.39, 0.29) is 11.8 Å². The second kappa shape index (κ2) is 11.9. The minimum atomic E-state index is -0.231. The van der Waals surface area contributed by atoms with Gasteiger partial charge in [0.25, 0.3) is 11.8 Å². The fourth-order valence-electron chi connectivity index (χ4n) is 4.57. The van der Waals surface area contributed by atoms with Gasteiger partial charge in [0.15, 0.2) is 0 Å². The fraction of sp³-hybridized carbons (Fsp3) is 0.226. The molecule has 1 aromatic heterocycles. The van der Waals surface area contributed by atoms with Crippen molar-refractivity contribution in [2.75, 3.05) is 43.5 Å². The number of ether oxygens (including phenoxy) is 1. The number of nitrogens with one attached hydrogen (secondary N) is 2. The molecule has 1 fully saturated rings. The Morgan fingerprint density at radius 2 is 1.63 bits per heavy atom. The molecule has 1 saturated heterocycles. The van der Waals surface area contributed by atoms with Gasteiger partial charge in [-0.05, 0) is 72.0 Å². The largest absolute Gasteiger partial charge is 0.472 e. The number of hydrogen-bond donors (Lipinski definition) is 2. The summed E-state index contributed by atoms with van der Waals surface area (Å²) in [5, 5.41) is 5.99. The third kappa shape index (κ3) is 6.19.